The summed E-state index contributed by atoms with van der Waals surface area (Å²) < 4.78 is 4.96. The van der Waals surface area contributed by atoms with E-state index in [-0.39, 0.29) is 23.0 Å². The fraction of sp³-hybridized carbons (Fsp3) is 0.294. The molecule has 0 aliphatic heterocycles. The Bertz CT molecular complexity index is 737. The minimum absolute atomic E-state index is 0.139. The molecule has 0 aliphatic rings. The molecule has 0 fully saturated rings. The third-order valence-electron chi connectivity index (χ3n) is 3.66. The Hall–Kier alpha value is -2.76. The summed E-state index contributed by atoms with van der Waals surface area (Å²) >= 11 is 0. The molecule has 0 spiro atoms. The number of hydrogen-bond donors (Lipinski definition) is 2. The monoisotopic (exact) mass is 317 g/mol. The van der Waals surface area contributed by atoms with Crippen molar-refractivity contribution in [3.63, 3.8) is 0 Å². The van der Waals surface area contributed by atoms with Crippen LogP contribution >= 0.6 is 0 Å². The first kappa shape index (κ1) is 16.6. The van der Waals surface area contributed by atoms with Crippen LogP contribution in [0.1, 0.15) is 24.2 Å². The van der Waals surface area contributed by atoms with Crippen molar-refractivity contribution in [3.05, 3.63) is 35.9 Å². The summed E-state index contributed by atoms with van der Waals surface area (Å²) in [7, 11) is 0. The van der Waals surface area contributed by atoms with Crippen molar-refractivity contribution in [1.29, 1.82) is 0 Å². The molecule has 0 unspecified atom stereocenters. The number of aromatic hydroxyl groups is 2. The van der Waals surface area contributed by atoms with Crippen molar-refractivity contribution >= 4 is 22.6 Å². The number of hydrogen-bond acceptors (Lipinski definition) is 5. The van der Waals surface area contributed by atoms with Gasteiger partial charge in [-0.1, -0.05) is 24.3 Å². The van der Waals surface area contributed by atoms with Crippen molar-refractivity contribution in [1.82, 2.24) is 4.90 Å². The molecular weight excluding hydrogens is 298 g/mol. The average molecular weight is 317 g/mol. The van der Waals surface area contributed by atoms with E-state index in [2.05, 4.69) is 0 Å². The summed E-state index contributed by atoms with van der Waals surface area (Å²) in [6, 6.07) is 7.75. The minimum Gasteiger partial charge on any atom is -0.507 e. The Morgan fingerprint density at radius 3 is 2.30 bits per heavy atom. The molecule has 2 N–H and O–H groups in total. The number of ether oxygens (including phenoxy) is 1. The molecule has 2 aromatic carbocycles. The van der Waals surface area contributed by atoms with E-state index in [1.165, 1.54) is 4.90 Å². The smallest absolute Gasteiger partial charge is 0.342 e. The average Bonchev–Trinajstić information content (AvgIpc) is 2.57. The number of carbonyl (C=O) groups excluding carboxylic acids is 2. The van der Waals surface area contributed by atoms with E-state index >= 15 is 0 Å². The fourth-order valence-corrected chi connectivity index (χ4v) is 2.37. The first-order valence-electron chi connectivity index (χ1n) is 7.38. The maximum Gasteiger partial charge on any atom is 0.342 e. The molecule has 0 saturated heterocycles. The number of phenols is 2. The zero-order valence-electron chi connectivity index (χ0n) is 13.1. The normalized spacial score (nSPS) is 10.5. The number of nitrogens with zero attached hydrogens (tertiary/aromatic N) is 1. The number of phenolic OH excluding ortho intramolecular Hbond substituents is 2. The highest BCUT2D eigenvalue weighted by Crippen LogP contribution is 2.35. The molecule has 6 nitrogen and oxygen atoms in total. The molecule has 0 bridgehead atoms. The molecule has 0 radical (unpaired) electrons. The van der Waals surface area contributed by atoms with Crippen molar-refractivity contribution in [2.45, 2.75) is 13.8 Å². The SMILES string of the molecule is CCN(CC)C(=O)COC(=O)c1cc(O)c2ccccc2c1O. The molecule has 6 heteroatoms. The van der Waals surface area contributed by atoms with Gasteiger partial charge in [0.05, 0.1) is 0 Å². The number of esters is 1. The Morgan fingerprint density at radius 1 is 1.09 bits per heavy atom. The standard InChI is InChI=1S/C17H19NO5/c1-3-18(4-2)15(20)10-23-17(22)13-9-14(19)11-7-5-6-8-12(11)16(13)21/h5-9,19,21H,3-4,10H2,1-2H3. The van der Waals surface area contributed by atoms with E-state index in [9.17, 15) is 19.8 Å². The summed E-state index contributed by atoms with van der Waals surface area (Å²) in [6.07, 6.45) is 0. The predicted octanol–water partition coefficient (Wildman–Crippen LogP) is 2.28. The highest BCUT2D eigenvalue weighted by Gasteiger charge is 2.20. The molecule has 0 saturated carbocycles. The second-order valence-electron chi connectivity index (χ2n) is 4.98. The van der Waals surface area contributed by atoms with Crippen LogP contribution in [0.3, 0.4) is 0 Å². The van der Waals surface area contributed by atoms with Gasteiger partial charge in [0, 0.05) is 23.9 Å². The Balaban J connectivity index is 2.22. The number of benzene rings is 2. The maximum atomic E-state index is 12.1. The van der Waals surface area contributed by atoms with Crippen LogP contribution in [-0.2, 0) is 9.53 Å². The van der Waals surface area contributed by atoms with Crippen LogP contribution in [0.15, 0.2) is 30.3 Å². The van der Waals surface area contributed by atoms with Gasteiger partial charge in [-0.3, -0.25) is 4.79 Å². The van der Waals surface area contributed by atoms with E-state index in [0.717, 1.165) is 6.07 Å². The number of likely N-dealkylation sites (N-methyl/N-ethyl adjacent to an activating group) is 1. The Labute approximate surface area is 133 Å². The van der Waals surface area contributed by atoms with Gasteiger partial charge in [-0.25, -0.2) is 4.79 Å². The van der Waals surface area contributed by atoms with Gasteiger partial charge in [0.2, 0.25) is 0 Å². The van der Waals surface area contributed by atoms with Crippen LogP contribution < -0.4 is 0 Å². The van der Waals surface area contributed by atoms with Gasteiger partial charge in [0.25, 0.3) is 5.91 Å². The quantitative estimate of drug-likeness (QED) is 0.652. The molecule has 1 amide bonds. The second kappa shape index (κ2) is 7.00. The molecule has 0 aliphatic carbocycles. The third kappa shape index (κ3) is 3.36. The summed E-state index contributed by atoms with van der Waals surface area (Å²) in [5, 5.41) is 21.0. The highest BCUT2D eigenvalue weighted by molar-refractivity contribution is 6.04. The van der Waals surface area contributed by atoms with Crippen molar-refractivity contribution in [2.24, 2.45) is 0 Å². The minimum atomic E-state index is -0.857. The van der Waals surface area contributed by atoms with E-state index in [4.69, 9.17) is 4.74 Å². The number of carbonyl (C=O) groups is 2. The molecular formula is C17H19NO5. The van der Waals surface area contributed by atoms with E-state index < -0.39 is 12.6 Å². The predicted molar refractivity (Wildman–Crippen MR) is 85.5 cm³/mol. The summed E-state index contributed by atoms with van der Waals surface area (Å²) in [4.78, 5) is 25.5. The molecule has 0 atom stereocenters. The van der Waals surface area contributed by atoms with Gasteiger partial charge in [0.1, 0.15) is 17.1 Å². The zero-order chi connectivity index (χ0) is 17.0. The third-order valence-corrected chi connectivity index (χ3v) is 3.66. The van der Waals surface area contributed by atoms with Gasteiger partial charge >= 0.3 is 5.97 Å². The summed E-state index contributed by atoms with van der Waals surface area (Å²) in [5.41, 5.74) is -0.173. The van der Waals surface area contributed by atoms with Crippen molar-refractivity contribution < 1.29 is 24.5 Å². The summed E-state index contributed by atoms with van der Waals surface area (Å²) in [6.45, 7) is 4.30. The lowest BCUT2D eigenvalue weighted by Crippen LogP contribution is -2.34. The summed E-state index contributed by atoms with van der Waals surface area (Å²) in [5.74, 6) is -1.59. The molecule has 2 aromatic rings. The lowest BCUT2D eigenvalue weighted by Gasteiger charge is -2.18. The first-order chi connectivity index (χ1) is 11.0. The van der Waals surface area contributed by atoms with Crippen LogP contribution in [0.25, 0.3) is 10.8 Å². The van der Waals surface area contributed by atoms with Crippen molar-refractivity contribution in [3.8, 4) is 11.5 Å². The van der Waals surface area contributed by atoms with Gasteiger partial charge in [-0.2, -0.15) is 0 Å². The van der Waals surface area contributed by atoms with Crippen molar-refractivity contribution in [2.75, 3.05) is 19.7 Å². The Kier molecular flexibility index (Phi) is 5.05. The molecule has 0 heterocycles. The Morgan fingerprint density at radius 2 is 1.70 bits per heavy atom. The molecule has 23 heavy (non-hydrogen) atoms. The van der Waals surface area contributed by atoms with Gasteiger partial charge in [0.15, 0.2) is 6.61 Å². The second-order valence-corrected chi connectivity index (χ2v) is 4.98. The van der Waals surface area contributed by atoms with E-state index in [0.29, 0.717) is 23.9 Å². The van der Waals surface area contributed by atoms with E-state index in [1.807, 2.05) is 13.8 Å². The van der Waals surface area contributed by atoms with Gasteiger partial charge in [-0.05, 0) is 19.9 Å². The largest absolute Gasteiger partial charge is 0.507 e. The number of rotatable bonds is 5. The van der Waals surface area contributed by atoms with Crippen LogP contribution in [0.2, 0.25) is 0 Å². The lowest BCUT2D eigenvalue weighted by molar-refractivity contribution is -0.134. The van der Waals surface area contributed by atoms with Crippen LogP contribution in [0.5, 0.6) is 11.5 Å². The first-order valence-corrected chi connectivity index (χ1v) is 7.38. The van der Waals surface area contributed by atoms with Gasteiger partial charge in [-0.15, -0.1) is 0 Å². The van der Waals surface area contributed by atoms with E-state index in [1.54, 1.807) is 24.3 Å². The maximum absolute atomic E-state index is 12.1. The molecule has 122 valence electrons. The lowest BCUT2D eigenvalue weighted by atomic mass is 10.0. The molecule has 0 aromatic heterocycles. The topological polar surface area (TPSA) is 87.1 Å². The zero-order valence-corrected chi connectivity index (χ0v) is 13.1. The number of amides is 1. The van der Waals surface area contributed by atoms with Crippen LogP contribution in [0, 0.1) is 0 Å². The van der Waals surface area contributed by atoms with Crippen LogP contribution in [-0.4, -0.2) is 46.7 Å². The highest BCUT2D eigenvalue weighted by atomic mass is 16.5. The molecule has 2 rings (SSSR count). The fourth-order valence-electron chi connectivity index (χ4n) is 2.37. The van der Waals surface area contributed by atoms with Gasteiger partial charge < -0.3 is 19.8 Å². The number of fused-ring (bicyclic) bond motifs is 1. The van der Waals surface area contributed by atoms with Crippen LogP contribution in [0.4, 0.5) is 0 Å².